The van der Waals surface area contributed by atoms with E-state index in [4.69, 9.17) is 4.74 Å². The highest BCUT2D eigenvalue weighted by Crippen LogP contribution is 2.33. The maximum Gasteiger partial charge on any atom is 0.166 e. The van der Waals surface area contributed by atoms with E-state index in [2.05, 4.69) is 40.1 Å². The molecule has 0 aliphatic carbocycles. The number of hydrogen-bond acceptors (Lipinski definition) is 8. The monoisotopic (exact) mass is 388 g/mol. The van der Waals surface area contributed by atoms with Crippen molar-refractivity contribution in [2.45, 2.75) is 42.2 Å². The Hall–Kier alpha value is -2.04. The fourth-order valence-electron chi connectivity index (χ4n) is 3.19. The Labute approximate surface area is 159 Å². The molecule has 9 heteroatoms. The molecular weight excluding hydrogens is 368 g/mol. The van der Waals surface area contributed by atoms with Crippen molar-refractivity contribution in [1.29, 1.82) is 0 Å². The van der Waals surface area contributed by atoms with E-state index in [0.29, 0.717) is 11.2 Å². The van der Waals surface area contributed by atoms with E-state index in [1.54, 1.807) is 16.3 Å². The number of fused-ring (bicyclic) bond motifs is 1. The van der Waals surface area contributed by atoms with Crippen LogP contribution in [-0.4, -0.2) is 59.8 Å². The molecule has 0 radical (unpaired) electrons. The molecule has 3 heterocycles. The van der Waals surface area contributed by atoms with Gasteiger partial charge in [-0.15, -0.1) is 0 Å². The van der Waals surface area contributed by atoms with Crippen LogP contribution in [0, 0.1) is 6.92 Å². The SMILES string of the molecule is Cc1cccc(CSc2ncnc3c2ncn3[C@@H]2O[C@H](CO)[C@@H](O)[C@H]2O)c1. The number of thioether (sulfide) groups is 1. The van der Waals surface area contributed by atoms with Crippen molar-refractivity contribution in [2.75, 3.05) is 6.61 Å². The normalized spacial score (nSPS) is 25.3. The molecule has 0 amide bonds. The van der Waals surface area contributed by atoms with Crippen LogP contribution < -0.4 is 0 Å². The van der Waals surface area contributed by atoms with Gasteiger partial charge in [0.25, 0.3) is 0 Å². The highest BCUT2D eigenvalue weighted by molar-refractivity contribution is 7.98. The lowest BCUT2D eigenvalue weighted by Crippen LogP contribution is -2.33. The number of aryl methyl sites for hydroxylation is 1. The molecule has 1 aliphatic heterocycles. The van der Waals surface area contributed by atoms with Crippen molar-refractivity contribution < 1.29 is 20.1 Å². The third-order valence-electron chi connectivity index (χ3n) is 4.57. The van der Waals surface area contributed by atoms with E-state index in [0.717, 1.165) is 10.8 Å². The number of hydrogen-bond donors (Lipinski definition) is 3. The smallest absolute Gasteiger partial charge is 0.166 e. The molecule has 27 heavy (non-hydrogen) atoms. The first-order valence-electron chi connectivity index (χ1n) is 8.57. The summed E-state index contributed by atoms with van der Waals surface area (Å²) in [5.41, 5.74) is 3.50. The first-order valence-corrected chi connectivity index (χ1v) is 9.55. The molecule has 3 aromatic rings. The summed E-state index contributed by atoms with van der Waals surface area (Å²) in [4.78, 5) is 13.0. The molecule has 2 aromatic heterocycles. The Morgan fingerprint density at radius 1 is 1.19 bits per heavy atom. The summed E-state index contributed by atoms with van der Waals surface area (Å²) in [6.07, 6.45) is -1.12. The zero-order valence-electron chi connectivity index (χ0n) is 14.6. The molecule has 142 valence electrons. The van der Waals surface area contributed by atoms with Gasteiger partial charge in [0.2, 0.25) is 0 Å². The molecule has 4 atom stereocenters. The van der Waals surface area contributed by atoms with Gasteiger partial charge in [-0.25, -0.2) is 15.0 Å². The number of aromatic nitrogens is 4. The molecular formula is C18H20N4O4S. The van der Waals surface area contributed by atoms with E-state index in [-0.39, 0.29) is 6.61 Å². The van der Waals surface area contributed by atoms with Crippen LogP contribution in [0.1, 0.15) is 17.4 Å². The highest BCUT2D eigenvalue weighted by atomic mass is 32.2. The van der Waals surface area contributed by atoms with Gasteiger partial charge in [-0.2, -0.15) is 0 Å². The summed E-state index contributed by atoms with van der Waals surface area (Å²) in [7, 11) is 0. The second-order valence-electron chi connectivity index (χ2n) is 6.51. The summed E-state index contributed by atoms with van der Waals surface area (Å²) in [6.45, 7) is 1.67. The lowest BCUT2D eigenvalue weighted by molar-refractivity contribution is -0.0511. The topological polar surface area (TPSA) is 114 Å². The van der Waals surface area contributed by atoms with Crippen LogP contribution >= 0.6 is 11.8 Å². The van der Waals surface area contributed by atoms with E-state index >= 15 is 0 Å². The van der Waals surface area contributed by atoms with Crippen molar-refractivity contribution in [1.82, 2.24) is 19.5 Å². The van der Waals surface area contributed by atoms with Gasteiger partial charge >= 0.3 is 0 Å². The Kier molecular flexibility index (Phi) is 5.11. The van der Waals surface area contributed by atoms with Gasteiger partial charge in [-0.3, -0.25) is 4.57 Å². The van der Waals surface area contributed by atoms with Gasteiger partial charge in [-0.1, -0.05) is 41.6 Å². The Balaban J connectivity index is 1.60. The summed E-state index contributed by atoms with van der Waals surface area (Å²) in [6, 6.07) is 8.27. The van der Waals surface area contributed by atoms with Crippen LogP contribution in [-0.2, 0) is 10.5 Å². The first kappa shape index (κ1) is 18.3. The Morgan fingerprint density at radius 3 is 2.78 bits per heavy atom. The molecule has 1 saturated heterocycles. The predicted octanol–water partition coefficient (Wildman–Crippen LogP) is 1.04. The van der Waals surface area contributed by atoms with Crippen LogP contribution in [0.15, 0.2) is 41.9 Å². The van der Waals surface area contributed by atoms with Crippen LogP contribution in [0.2, 0.25) is 0 Å². The molecule has 8 nitrogen and oxygen atoms in total. The molecule has 1 fully saturated rings. The lowest BCUT2D eigenvalue weighted by atomic mass is 10.1. The minimum absolute atomic E-state index is 0.381. The summed E-state index contributed by atoms with van der Waals surface area (Å²) >= 11 is 1.55. The van der Waals surface area contributed by atoms with Gasteiger partial charge < -0.3 is 20.1 Å². The van der Waals surface area contributed by atoms with Crippen molar-refractivity contribution >= 4 is 22.9 Å². The largest absolute Gasteiger partial charge is 0.394 e. The van der Waals surface area contributed by atoms with Gasteiger partial charge in [0.1, 0.15) is 35.2 Å². The van der Waals surface area contributed by atoms with E-state index in [9.17, 15) is 15.3 Å². The number of aliphatic hydroxyl groups excluding tert-OH is 3. The predicted molar refractivity (Wildman–Crippen MR) is 99.1 cm³/mol. The Morgan fingerprint density at radius 2 is 2.04 bits per heavy atom. The van der Waals surface area contributed by atoms with E-state index in [1.807, 2.05) is 6.07 Å². The minimum atomic E-state index is -1.18. The average Bonchev–Trinajstić information content (AvgIpc) is 3.22. The van der Waals surface area contributed by atoms with Gasteiger partial charge in [-0.05, 0) is 12.5 Å². The molecule has 0 bridgehead atoms. The van der Waals surface area contributed by atoms with E-state index < -0.39 is 24.5 Å². The van der Waals surface area contributed by atoms with Crippen LogP contribution in [0.3, 0.4) is 0 Å². The number of ether oxygens (including phenoxy) is 1. The Bertz CT molecular complexity index is 950. The highest BCUT2D eigenvalue weighted by Gasteiger charge is 2.44. The number of aliphatic hydroxyl groups is 3. The number of benzene rings is 1. The fourth-order valence-corrected chi connectivity index (χ4v) is 4.07. The lowest BCUT2D eigenvalue weighted by Gasteiger charge is -2.16. The standard InChI is InChI=1S/C18H20N4O4S/c1-10-3-2-4-11(5-10)7-27-17-13-16(19-8-20-17)22(9-21-13)18-15(25)14(24)12(6-23)26-18/h2-5,8-9,12,14-15,18,23-25H,6-7H2,1H3/t12-,14-,15-,18-/m1/s1. The van der Waals surface area contributed by atoms with Gasteiger partial charge in [0.05, 0.1) is 12.9 Å². The summed E-state index contributed by atoms with van der Waals surface area (Å²) in [5.74, 6) is 0.745. The second-order valence-corrected chi connectivity index (χ2v) is 7.47. The maximum absolute atomic E-state index is 10.3. The quantitative estimate of drug-likeness (QED) is 0.439. The zero-order chi connectivity index (χ0) is 19.0. The van der Waals surface area contributed by atoms with Crippen LogP contribution in [0.25, 0.3) is 11.2 Å². The zero-order valence-corrected chi connectivity index (χ0v) is 15.5. The molecule has 3 N–H and O–H groups in total. The van der Waals surface area contributed by atoms with Crippen molar-refractivity contribution in [2.24, 2.45) is 0 Å². The minimum Gasteiger partial charge on any atom is -0.394 e. The van der Waals surface area contributed by atoms with Gasteiger partial charge in [0.15, 0.2) is 11.9 Å². The molecule has 0 unspecified atom stereocenters. The second kappa shape index (κ2) is 7.53. The van der Waals surface area contributed by atoms with Crippen LogP contribution in [0.4, 0.5) is 0 Å². The van der Waals surface area contributed by atoms with Gasteiger partial charge in [0, 0.05) is 5.75 Å². The summed E-state index contributed by atoms with van der Waals surface area (Å²) < 4.78 is 7.14. The van der Waals surface area contributed by atoms with Crippen molar-refractivity contribution in [3.63, 3.8) is 0 Å². The number of rotatable bonds is 5. The molecule has 1 aliphatic rings. The van der Waals surface area contributed by atoms with E-state index in [1.165, 1.54) is 23.8 Å². The molecule has 1 aromatic carbocycles. The third-order valence-corrected chi connectivity index (χ3v) is 5.62. The van der Waals surface area contributed by atoms with Crippen molar-refractivity contribution in [3.8, 4) is 0 Å². The fraction of sp³-hybridized carbons (Fsp3) is 0.389. The average molecular weight is 388 g/mol. The third kappa shape index (κ3) is 3.44. The summed E-state index contributed by atoms with van der Waals surface area (Å²) in [5, 5.41) is 30.2. The molecule has 4 rings (SSSR count). The van der Waals surface area contributed by atoms with Crippen LogP contribution in [0.5, 0.6) is 0 Å². The maximum atomic E-state index is 10.3. The van der Waals surface area contributed by atoms with Crippen molar-refractivity contribution in [3.05, 3.63) is 48.0 Å². The molecule has 0 spiro atoms. The number of nitrogens with zero attached hydrogens (tertiary/aromatic N) is 4. The molecule has 0 saturated carbocycles. The first-order chi connectivity index (χ1) is 13.1. The number of imidazole rings is 1.